The molecule has 6 heteroatoms. The monoisotopic (exact) mass is 237 g/mol. The quantitative estimate of drug-likeness (QED) is 0.642. The summed E-state index contributed by atoms with van der Waals surface area (Å²) in [6.07, 6.45) is 3.64. The molecule has 1 saturated heterocycles. The van der Waals surface area contributed by atoms with Gasteiger partial charge >= 0.3 is 5.82 Å². The first-order chi connectivity index (χ1) is 8.15. The number of pyridine rings is 1. The first kappa shape index (κ1) is 11.8. The van der Waals surface area contributed by atoms with E-state index < -0.39 is 4.92 Å². The lowest BCUT2D eigenvalue weighted by atomic mass is 10.0. The predicted octanol–water partition coefficient (Wildman–Crippen LogP) is 1.97. The maximum atomic E-state index is 10.5. The van der Waals surface area contributed by atoms with Crippen LogP contribution in [0.2, 0.25) is 0 Å². The molecule has 92 valence electrons. The minimum atomic E-state index is -0.500. The number of hydrogen-bond donors (Lipinski definition) is 1. The molecule has 6 nitrogen and oxygen atoms in total. The van der Waals surface area contributed by atoms with Crippen molar-refractivity contribution in [3.8, 4) is 0 Å². The highest BCUT2D eigenvalue weighted by Crippen LogP contribution is 2.19. The molecule has 0 radical (unpaired) electrons. The standard InChI is InChI=1S/C11H15N3O3/c1-8-6-9(4-5-17-8)13-10-2-3-11(12-7-10)14(15)16/h2-3,7-9,13H,4-6H2,1H3. The lowest BCUT2D eigenvalue weighted by Gasteiger charge is -2.28. The Hall–Kier alpha value is -1.69. The number of nitrogens with one attached hydrogen (secondary N) is 1. The molecule has 2 rings (SSSR count). The van der Waals surface area contributed by atoms with Gasteiger partial charge in [0, 0.05) is 18.7 Å². The van der Waals surface area contributed by atoms with E-state index in [0.717, 1.165) is 25.1 Å². The van der Waals surface area contributed by atoms with Crippen LogP contribution in [0.15, 0.2) is 18.3 Å². The zero-order valence-corrected chi connectivity index (χ0v) is 9.63. The highest BCUT2D eigenvalue weighted by Gasteiger charge is 2.19. The smallest absolute Gasteiger partial charge is 0.363 e. The third-order valence-electron chi connectivity index (χ3n) is 2.79. The van der Waals surface area contributed by atoms with Gasteiger partial charge in [0.1, 0.15) is 0 Å². The number of hydrogen-bond acceptors (Lipinski definition) is 5. The van der Waals surface area contributed by atoms with Crippen molar-refractivity contribution in [2.24, 2.45) is 0 Å². The Kier molecular flexibility index (Phi) is 3.53. The number of rotatable bonds is 3. The van der Waals surface area contributed by atoms with Crippen LogP contribution in [0.3, 0.4) is 0 Å². The molecule has 1 aromatic heterocycles. The minimum absolute atomic E-state index is 0.129. The van der Waals surface area contributed by atoms with Gasteiger partial charge in [-0.05, 0) is 35.7 Å². The Balaban J connectivity index is 1.96. The molecular weight excluding hydrogens is 222 g/mol. The lowest BCUT2D eigenvalue weighted by Crippen LogP contribution is -2.32. The topological polar surface area (TPSA) is 77.3 Å². The third kappa shape index (κ3) is 3.13. The van der Waals surface area contributed by atoms with Crippen molar-refractivity contribution in [2.75, 3.05) is 11.9 Å². The van der Waals surface area contributed by atoms with E-state index in [1.807, 2.05) is 6.92 Å². The fourth-order valence-corrected chi connectivity index (χ4v) is 1.94. The molecule has 2 unspecified atom stereocenters. The van der Waals surface area contributed by atoms with E-state index in [4.69, 9.17) is 4.74 Å². The predicted molar refractivity (Wildman–Crippen MR) is 63.0 cm³/mol. The molecule has 0 saturated carbocycles. The van der Waals surface area contributed by atoms with Crippen LogP contribution in [-0.4, -0.2) is 28.7 Å². The van der Waals surface area contributed by atoms with Crippen LogP contribution >= 0.6 is 0 Å². The Morgan fingerprint density at radius 1 is 1.59 bits per heavy atom. The van der Waals surface area contributed by atoms with Gasteiger partial charge in [-0.2, -0.15) is 0 Å². The summed E-state index contributed by atoms with van der Waals surface area (Å²) in [5, 5.41) is 13.8. The van der Waals surface area contributed by atoms with Gasteiger partial charge < -0.3 is 20.2 Å². The second kappa shape index (κ2) is 5.09. The van der Waals surface area contributed by atoms with Crippen molar-refractivity contribution in [3.05, 3.63) is 28.4 Å². The Labute approximate surface area is 99.2 Å². The van der Waals surface area contributed by atoms with Crippen molar-refractivity contribution in [2.45, 2.75) is 31.9 Å². The molecule has 1 aromatic rings. The van der Waals surface area contributed by atoms with Crippen LogP contribution in [0, 0.1) is 10.1 Å². The normalized spacial score (nSPS) is 24.3. The molecule has 2 heterocycles. The summed E-state index contributed by atoms with van der Waals surface area (Å²) in [5.74, 6) is -0.129. The van der Waals surface area contributed by atoms with E-state index in [1.54, 1.807) is 6.07 Å². The van der Waals surface area contributed by atoms with Crippen molar-refractivity contribution in [3.63, 3.8) is 0 Å². The number of nitrogens with zero attached hydrogens (tertiary/aromatic N) is 2. The molecule has 0 aliphatic carbocycles. The summed E-state index contributed by atoms with van der Waals surface area (Å²) < 4.78 is 5.45. The first-order valence-corrected chi connectivity index (χ1v) is 5.64. The van der Waals surface area contributed by atoms with Crippen LogP contribution in [0.4, 0.5) is 11.5 Å². The zero-order valence-electron chi connectivity index (χ0n) is 9.63. The summed E-state index contributed by atoms with van der Waals surface area (Å²) >= 11 is 0. The zero-order chi connectivity index (χ0) is 12.3. The Morgan fingerprint density at radius 2 is 2.41 bits per heavy atom. The summed E-state index contributed by atoms with van der Waals surface area (Å²) in [4.78, 5) is 13.7. The van der Waals surface area contributed by atoms with Gasteiger partial charge in [0.05, 0.1) is 11.8 Å². The molecule has 2 atom stereocenters. The molecule has 0 bridgehead atoms. The van der Waals surface area contributed by atoms with E-state index in [2.05, 4.69) is 10.3 Å². The molecule has 1 aliphatic rings. The maximum Gasteiger partial charge on any atom is 0.363 e. The fraction of sp³-hybridized carbons (Fsp3) is 0.545. The average Bonchev–Trinajstić information content (AvgIpc) is 2.29. The number of ether oxygens (including phenoxy) is 1. The van der Waals surface area contributed by atoms with Crippen LogP contribution < -0.4 is 5.32 Å². The van der Waals surface area contributed by atoms with Crippen molar-refractivity contribution in [1.29, 1.82) is 0 Å². The first-order valence-electron chi connectivity index (χ1n) is 5.64. The van der Waals surface area contributed by atoms with Crippen LogP contribution in [-0.2, 0) is 4.74 Å². The third-order valence-corrected chi connectivity index (χ3v) is 2.79. The van der Waals surface area contributed by atoms with Crippen molar-refractivity contribution >= 4 is 11.5 Å². The van der Waals surface area contributed by atoms with E-state index in [-0.39, 0.29) is 11.9 Å². The summed E-state index contributed by atoms with van der Waals surface area (Å²) in [6.45, 7) is 2.79. The Bertz CT molecular complexity index is 393. The van der Waals surface area contributed by atoms with Crippen molar-refractivity contribution < 1.29 is 9.66 Å². The fourth-order valence-electron chi connectivity index (χ4n) is 1.94. The van der Waals surface area contributed by atoms with Gasteiger partial charge in [-0.15, -0.1) is 0 Å². The van der Waals surface area contributed by atoms with Crippen LogP contribution in [0.5, 0.6) is 0 Å². The molecule has 0 spiro atoms. The van der Waals surface area contributed by atoms with Gasteiger partial charge in [-0.25, -0.2) is 0 Å². The number of nitro groups is 1. The highest BCUT2D eigenvalue weighted by atomic mass is 16.6. The van der Waals surface area contributed by atoms with Gasteiger partial charge in [-0.1, -0.05) is 0 Å². The number of aromatic nitrogens is 1. The highest BCUT2D eigenvalue weighted by molar-refractivity contribution is 5.44. The molecule has 1 aliphatic heterocycles. The Morgan fingerprint density at radius 3 is 3.00 bits per heavy atom. The maximum absolute atomic E-state index is 10.5. The van der Waals surface area contributed by atoms with Crippen LogP contribution in [0.1, 0.15) is 19.8 Å². The minimum Gasteiger partial charge on any atom is -0.379 e. The van der Waals surface area contributed by atoms with Crippen LogP contribution in [0.25, 0.3) is 0 Å². The summed E-state index contributed by atoms with van der Waals surface area (Å²) in [5.41, 5.74) is 0.815. The molecule has 1 fully saturated rings. The van der Waals surface area contributed by atoms with E-state index in [9.17, 15) is 10.1 Å². The lowest BCUT2D eigenvalue weighted by molar-refractivity contribution is -0.389. The second-order valence-corrected chi connectivity index (χ2v) is 4.21. The molecular formula is C11H15N3O3. The van der Waals surface area contributed by atoms with Crippen molar-refractivity contribution in [1.82, 2.24) is 4.98 Å². The second-order valence-electron chi connectivity index (χ2n) is 4.21. The van der Waals surface area contributed by atoms with E-state index in [1.165, 1.54) is 12.3 Å². The summed E-state index contributed by atoms with van der Waals surface area (Å²) in [6, 6.07) is 3.44. The molecule has 1 N–H and O–H groups in total. The number of anilines is 1. The molecule has 0 aromatic carbocycles. The molecule has 17 heavy (non-hydrogen) atoms. The van der Waals surface area contributed by atoms with Gasteiger partial charge in [-0.3, -0.25) is 0 Å². The largest absolute Gasteiger partial charge is 0.379 e. The van der Waals surface area contributed by atoms with Gasteiger partial charge in [0.15, 0.2) is 6.20 Å². The van der Waals surface area contributed by atoms with E-state index >= 15 is 0 Å². The SMILES string of the molecule is CC1CC(Nc2ccc([N+](=O)[O-])nc2)CCO1. The van der Waals surface area contributed by atoms with E-state index in [0.29, 0.717) is 6.04 Å². The average molecular weight is 237 g/mol. The summed E-state index contributed by atoms with van der Waals surface area (Å²) in [7, 11) is 0. The van der Waals surface area contributed by atoms with Gasteiger partial charge in [0.2, 0.25) is 0 Å². The van der Waals surface area contributed by atoms with Gasteiger partial charge in [0.25, 0.3) is 0 Å². The molecule has 0 amide bonds.